The molecule has 2 aromatic carbocycles. The molecule has 0 spiro atoms. The number of alkyl halides is 2. The second kappa shape index (κ2) is 19.2. The van der Waals surface area contributed by atoms with E-state index >= 15 is 4.39 Å². The maximum absolute atomic E-state index is 15.4. The number of carbonyl (C=O) groups is 4. The molecule has 60 heavy (non-hydrogen) atoms. The van der Waals surface area contributed by atoms with Gasteiger partial charge in [-0.1, -0.05) is 12.5 Å². The number of fused-ring (bicyclic) bond motifs is 1. The van der Waals surface area contributed by atoms with E-state index in [2.05, 4.69) is 41.6 Å². The van der Waals surface area contributed by atoms with Crippen LogP contribution in [0.2, 0.25) is 0 Å². The predicted molar refractivity (Wildman–Crippen MR) is 219 cm³/mol. The molecule has 5 unspecified atom stereocenters. The summed E-state index contributed by atoms with van der Waals surface area (Å²) in [6.07, 6.45) is 0.377. The number of nitrogens with zero attached hydrogens (tertiary/aromatic N) is 2. The number of sulfonamides is 2. The molecule has 0 saturated carbocycles. The zero-order valence-corrected chi connectivity index (χ0v) is 35.4. The fraction of sp³-hybridized carbons (Fsp3) is 0.579. The molecule has 4 amide bonds. The number of rotatable bonds is 13. The minimum atomic E-state index is -4.19. The Balaban J connectivity index is 1.05. The highest BCUT2D eigenvalue weighted by Crippen LogP contribution is 2.31. The number of amides is 4. The van der Waals surface area contributed by atoms with Gasteiger partial charge in [-0.3, -0.25) is 29.2 Å². The maximum Gasteiger partial charge on any atom is 0.248 e. The van der Waals surface area contributed by atoms with Gasteiger partial charge < -0.3 is 21.3 Å². The number of halogens is 2. The van der Waals surface area contributed by atoms with Gasteiger partial charge in [-0.2, -0.15) is 0 Å². The van der Waals surface area contributed by atoms with Crippen LogP contribution in [0.3, 0.4) is 0 Å². The van der Waals surface area contributed by atoms with Crippen LogP contribution in [0.5, 0.6) is 0 Å². The molecule has 2 aromatic rings. The van der Waals surface area contributed by atoms with Gasteiger partial charge in [0.2, 0.25) is 43.7 Å². The van der Waals surface area contributed by atoms with Crippen molar-refractivity contribution in [3.05, 3.63) is 42.0 Å². The van der Waals surface area contributed by atoms with Crippen LogP contribution in [0, 0.1) is 18.8 Å². The van der Waals surface area contributed by atoms with E-state index in [9.17, 15) is 40.4 Å². The molecule has 330 valence electrons. The minimum absolute atomic E-state index is 0.00377. The summed E-state index contributed by atoms with van der Waals surface area (Å²) in [7, 11) is -8.09. The summed E-state index contributed by atoms with van der Waals surface area (Å²) < 4.78 is 87.6. The number of hydrogen-bond acceptors (Lipinski definition) is 12. The number of nitrogens with one attached hydrogen (secondary N) is 8. The summed E-state index contributed by atoms with van der Waals surface area (Å²) in [6, 6.07) is 6.71. The molecule has 3 fully saturated rings. The van der Waals surface area contributed by atoms with E-state index in [4.69, 9.17) is 0 Å². The standard InChI is InChI=1S/C38H54F2N10O8S2/c1-22-7-8-28(16-33(22)59(55,56)45-13-11-27-6-4-5-12-41-27)47-37(53)24(3)50-38(54)30(31(40)21-44-50)14-25-18-42-32-10-9-29(17-34(32)60(57,58)46-19-25)48-36(52)23(2)49-35(51)15-26(39)20-43-49/h7-10,16-17,23-27,30-31,41-46H,4-6,11-15,18-21H2,1-3H3,(H,47,53)(H,48,52)/t23-,24+,25?,26?,27?,30?,31?/m1/s1. The molecule has 4 heterocycles. The van der Waals surface area contributed by atoms with E-state index in [0.717, 1.165) is 35.8 Å². The number of carbonyl (C=O) groups excluding carboxylic acids is 4. The Morgan fingerprint density at radius 1 is 0.917 bits per heavy atom. The predicted octanol–water partition coefficient (Wildman–Crippen LogP) is 1.25. The van der Waals surface area contributed by atoms with Crippen LogP contribution >= 0.6 is 0 Å². The van der Waals surface area contributed by atoms with Crippen molar-refractivity contribution in [2.75, 3.05) is 55.2 Å². The highest BCUT2D eigenvalue weighted by Gasteiger charge is 2.42. The smallest absolute Gasteiger partial charge is 0.248 e. The van der Waals surface area contributed by atoms with Gasteiger partial charge in [0, 0.05) is 50.1 Å². The zero-order valence-electron chi connectivity index (χ0n) is 33.7. The lowest BCUT2D eigenvalue weighted by Gasteiger charge is -2.39. The first-order valence-electron chi connectivity index (χ1n) is 20.2. The summed E-state index contributed by atoms with van der Waals surface area (Å²) in [5.74, 6) is -4.36. The van der Waals surface area contributed by atoms with Crippen molar-refractivity contribution in [2.45, 2.75) is 99.6 Å². The molecule has 4 aliphatic rings. The van der Waals surface area contributed by atoms with E-state index in [0.29, 0.717) is 12.0 Å². The van der Waals surface area contributed by atoms with Gasteiger partial charge in [-0.05, 0) is 94.8 Å². The summed E-state index contributed by atoms with van der Waals surface area (Å²) in [5, 5.41) is 13.8. The molecule has 7 atom stereocenters. The van der Waals surface area contributed by atoms with Crippen LogP contribution in [-0.2, 0) is 39.2 Å². The third-order valence-corrected chi connectivity index (χ3v) is 14.4. The Kier molecular flexibility index (Phi) is 14.4. The van der Waals surface area contributed by atoms with Crippen molar-refractivity contribution in [3.8, 4) is 0 Å². The topological polar surface area (TPSA) is 239 Å². The Morgan fingerprint density at radius 2 is 1.60 bits per heavy atom. The van der Waals surface area contributed by atoms with Crippen molar-refractivity contribution in [1.82, 2.24) is 35.6 Å². The van der Waals surface area contributed by atoms with E-state index in [1.165, 1.54) is 38.1 Å². The molecule has 4 aliphatic heterocycles. The lowest BCUT2D eigenvalue weighted by atomic mass is 9.88. The lowest BCUT2D eigenvalue weighted by molar-refractivity contribution is -0.153. The van der Waals surface area contributed by atoms with Crippen LogP contribution in [0.4, 0.5) is 25.8 Å². The molecular formula is C38H54F2N10O8S2. The molecule has 6 rings (SSSR count). The first-order valence-corrected chi connectivity index (χ1v) is 23.1. The third-order valence-electron chi connectivity index (χ3n) is 11.3. The highest BCUT2D eigenvalue weighted by atomic mass is 32.2. The van der Waals surface area contributed by atoms with Gasteiger partial charge in [0.1, 0.15) is 29.3 Å². The van der Waals surface area contributed by atoms with Gasteiger partial charge in [0.05, 0.1) is 22.9 Å². The van der Waals surface area contributed by atoms with E-state index < -0.39 is 79.9 Å². The Labute approximate surface area is 348 Å². The minimum Gasteiger partial charge on any atom is -0.384 e. The molecule has 0 aliphatic carbocycles. The van der Waals surface area contributed by atoms with Gasteiger partial charge in [-0.25, -0.2) is 45.9 Å². The molecular weight excluding hydrogens is 827 g/mol. The molecule has 3 saturated heterocycles. The average Bonchev–Trinajstić information content (AvgIpc) is 3.20. The molecule has 0 aromatic heterocycles. The van der Waals surface area contributed by atoms with Crippen molar-refractivity contribution in [3.63, 3.8) is 0 Å². The molecule has 0 radical (unpaired) electrons. The second-order valence-electron chi connectivity index (χ2n) is 15.8. The second-order valence-corrected chi connectivity index (χ2v) is 19.3. The Hall–Kier alpha value is -4.32. The van der Waals surface area contributed by atoms with Crippen molar-refractivity contribution >= 4 is 60.7 Å². The van der Waals surface area contributed by atoms with Crippen LogP contribution in [0.1, 0.15) is 57.9 Å². The summed E-state index contributed by atoms with van der Waals surface area (Å²) in [4.78, 5) is 52.2. The molecule has 8 N–H and O–H groups in total. The van der Waals surface area contributed by atoms with Crippen molar-refractivity contribution < 1.29 is 44.8 Å². The maximum atomic E-state index is 15.4. The molecule has 22 heteroatoms. The van der Waals surface area contributed by atoms with Crippen LogP contribution in [0.25, 0.3) is 0 Å². The summed E-state index contributed by atoms with van der Waals surface area (Å²) >= 11 is 0. The van der Waals surface area contributed by atoms with E-state index in [1.54, 1.807) is 19.1 Å². The van der Waals surface area contributed by atoms with Gasteiger partial charge in [0.15, 0.2) is 0 Å². The lowest BCUT2D eigenvalue weighted by Crippen LogP contribution is -2.62. The van der Waals surface area contributed by atoms with Crippen LogP contribution in [0.15, 0.2) is 46.2 Å². The number of piperidine rings is 1. The fourth-order valence-electron chi connectivity index (χ4n) is 7.75. The van der Waals surface area contributed by atoms with Gasteiger partial charge in [-0.15, -0.1) is 0 Å². The third kappa shape index (κ3) is 10.8. The monoisotopic (exact) mass is 880 g/mol. The van der Waals surface area contributed by atoms with Crippen LogP contribution < -0.4 is 41.6 Å². The molecule has 0 bridgehead atoms. The zero-order chi connectivity index (χ0) is 43.4. The Bertz CT molecular complexity index is 2160. The number of anilines is 3. The summed E-state index contributed by atoms with van der Waals surface area (Å²) in [6.45, 7) is 5.27. The van der Waals surface area contributed by atoms with Crippen molar-refractivity contribution in [2.24, 2.45) is 11.8 Å². The number of hydrazine groups is 2. The van der Waals surface area contributed by atoms with Crippen molar-refractivity contribution in [1.29, 1.82) is 0 Å². The quantitative estimate of drug-likeness (QED) is 0.142. The van der Waals surface area contributed by atoms with E-state index in [-0.39, 0.29) is 78.5 Å². The first kappa shape index (κ1) is 45.2. The number of hydrogen-bond donors (Lipinski definition) is 8. The first-order chi connectivity index (χ1) is 28.4. The van der Waals surface area contributed by atoms with E-state index in [1.807, 2.05) is 0 Å². The average molecular weight is 881 g/mol. The van der Waals surface area contributed by atoms with Gasteiger partial charge >= 0.3 is 0 Å². The highest BCUT2D eigenvalue weighted by molar-refractivity contribution is 7.90. The Morgan fingerprint density at radius 3 is 2.30 bits per heavy atom. The molecule has 18 nitrogen and oxygen atoms in total. The number of benzene rings is 2. The normalized spacial score (nSPS) is 25.9. The SMILES string of the molecule is Cc1ccc(NC(=O)[C@H](C)N2NCC(F)C(CC3CNc4ccc(NC(=O)[C@@H](C)N5NCC(F)CC5=O)cc4S(=O)(=O)NC3)C2=O)cc1S(=O)(=O)NCCC1CCCCN1. The fourth-order valence-corrected chi connectivity index (χ4v) is 10.4. The van der Waals surface area contributed by atoms with Gasteiger partial charge in [0.25, 0.3) is 0 Å². The van der Waals surface area contributed by atoms with Crippen LogP contribution in [-0.4, -0.2) is 120 Å². The largest absolute Gasteiger partial charge is 0.384 e. The summed E-state index contributed by atoms with van der Waals surface area (Å²) in [5.41, 5.74) is 6.27. The number of aryl methyl sites for hydroxylation is 1.